The molecule has 2 heterocycles. The highest BCUT2D eigenvalue weighted by Crippen LogP contribution is 2.24. The second kappa shape index (κ2) is 9.41. The molecule has 5 nitrogen and oxygen atoms in total. The van der Waals surface area contributed by atoms with Crippen molar-refractivity contribution in [1.29, 1.82) is 0 Å². The van der Waals surface area contributed by atoms with E-state index >= 15 is 0 Å². The molecule has 3 aromatic rings. The van der Waals surface area contributed by atoms with E-state index in [0.29, 0.717) is 31.8 Å². The normalized spacial score (nSPS) is 14.7. The first-order valence-electron chi connectivity index (χ1n) is 9.92. The highest BCUT2D eigenvalue weighted by molar-refractivity contribution is 7.99. The van der Waals surface area contributed by atoms with E-state index in [1.165, 1.54) is 29.2 Å². The Bertz CT molecular complexity index is 1120. The molecule has 0 spiro atoms. The largest absolute Gasteiger partial charge is 0.342 e. The molecule has 1 aromatic heterocycles. The minimum Gasteiger partial charge on any atom is -0.342 e. The fourth-order valence-electron chi connectivity index (χ4n) is 3.59. The predicted octanol–water partition coefficient (Wildman–Crippen LogP) is 5.19. The highest BCUT2D eigenvalue weighted by atomic mass is 35.5. The molecule has 1 amide bonds. The van der Waals surface area contributed by atoms with Gasteiger partial charge >= 0.3 is 0 Å². The van der Waals surface area contributed by atoms with E-state index in [0.717, 1.165) is 25.9 Å². The van der Waals surface area contributed by atoms with Crippen molar-refractivity contribution in [1.82, 2.24) is 14.5 Å². The molecule has 0 radical (unpaired) electrons. The smallest absolute Gasteiger partial charge is 0.266 e. The molecule has 1 aliphatic rings. The van der Waals surface area contributed by atoms with E-state index < -0.39 is 0 Å². The molecule has 0 N–H and O–H groups in total. The van der Waals surface area contributed by atoms with E-state index in [9.17, 15) is 9.59 Å². The SMILES string of the molecule is O=C(CSc1nc2cc(Cl)ccc2c(=O)n1-c1ccc(Cl)cc1)N1CCCCCC1. The van der Waals surface area contributed by atoms with Crippen LogP contribution in [-0.2, 0) is 4.79 Å². The van der Waals surface area contributed by atoms with E-state index in [-0.39, 0.29) is 17.2 Å². The second-order valence-corrected chi connectivity index (χ2v) is 9.07. The standard InChI is InChI=1S/C22H21Cl2N3O2S/c23-15-5-8-17(9-6-15)27-21(29)18-10-7-16(24)13-19(18)25-22(27)30-14-20(28)26-11-3-1-2-4-12-26/h5-10,13H,1-4,11-12,14H2. The number of benzene rings is 2. The number of aromatic nitrogens is 2. The maximum Gasteiger partial charge on any atom is 0.266 e. The number of thioether (sulfide) groups is 1. The van der Waals surface area contributed by atoms with Crippen LogP contribution in [0, 0.1) is 0 Å². The molecular formula is C22H21Cl2N3O2S. The lowest BCUT2D eigenvalue weighted by Gasteiger charge is -2.20. The van der Waals surface area contributed by atoms with Crippen molar-refractivity contribution in [2.45, 2.75) is 30.8 Å². The maximum absolute atomic E-state index is 13.3. The summed E-state index contributed by atoms with van der Waals surface area (Å²) in [6.45, 7) is 1.59. The first-order valence-corrected chi connectivity index (χ1v) is 11.7. The third kappa shape index (κ3) is 4.66. The average molecular weight is 462 g/mol. The highest BCUT2D eigenvalue weighted by Gasteiger charge is 2.19. The molecule has 1 saturated heterocycles. The Labute approximate surface area is 189 Å². The molecular weight excluding hydrogens is 441 g/mol. The number of rotatable bonds is 4. The second-order valence-electron chi connectivity index (χ2n) is 7.26. The number of likely N-dealkylation sites (tertiary alicyclic amines) is 1. The van der Waals surface area contributed by atoms with Gasteiger partial charge in [-0.05, 0) is 55.3 Å². The van der Waals surface area contributed by atoms with Crippen LogP contribution in [0.3, 0.4) is 0 Å². The van der Waals surface area contributed by atoms with E-state index in [4.69, 9.17) is 23.2 Å². The number of hydrogen-bond donors (Lipinski definition) is 0. The molecule has 2 aromatic carbocycles. The zero-order valence-electron chi connectivity index (χ0n) is 16.3. The number of carbonyl (C=O) groups excluding carboxylic acids is 1. The molecule has 156 valence electrons. The molecule has 0 bridgehead atoms. The molecule has 0 atom stereocenters. The summed E-state index contributed by atoms with van der Waals surface area (Å²) in [5.41, 5.74) is 0.963. The van der Waals surface area contributed by atoms with Crippen molar-refractivity contribution in [3.63, 3.8) is 0 Å². The Balaban J connectivity index is 1.71. The summed E-state index contributed by atoms with van der Waals surface area (Å²) in [6.07, 6.45) is 4.41. The van der Waals surface area contributed by atoms with Crippen molar-refractivity contribution >= 4 is 51.8 Å². The van der Waals surface area contributed by atoms with Crippen LogP contribution in [0.4, 0.5) is 0 Å². The van der Waals surface area contributed by atoms with Crippen LogP contribution in [0.25, 0.3) is 16.6 Å². The number of fused-ring (bicyclic) bond motifs is 1. The van der Waals surface area contributed by atoms with Crippen molar-refractivity contribution < 1.29 is 4.79 Å². The van der Waals surface area contributed by atoms with Crippen LogP contribution in [-0.4, -0.2) is 39.2 Å². The van der Waals surface area contributed by atoms with Gasteiger partial charge in [0.25, 0.3) is 5.56 Å². The summed E-state index contributed by atoms with van der Waals surface area (Å²) in [7, 11) is 0. The minimum absolute atomic E-state index is 0.0741. The van der Waals surface area contributed by atoms with Crippen molar-refractivity contribution in [3.8, 4) is 5.69 Å². The van der Waals surface area contributed by atoms with Gasteiger partial charge in [0.2, 0.25) is 5.91 Å². The van der Waals surface area contributed by atoms with E-state index in [2.05, 4.69) is 4.98 Å². The van der Waals surface area contributed by atoms with Crippen LogP contribution in [0.1, 0.15) is 25.7 Å². The molecule has 1 aliphatic heterocycles. The van der Waals surface area contributed by atoms with Gasteiger partial charge in [-0.2, -0.15) is 0 Å². The Morgan fingerprint density at radius 1 is 0.967 bits per heavy atom. The number of halogens is 2. The fourth-order valence-corrected chi connectivity index (χ4v) is 4.80. The fraction of sp³-hybridized carbons (Fsp3) is 0.318. The van der Waals surface area contributed by atoms with Gasteiger partial charge in [0.15, 0.2) is 5.16 Å². The van der Waals surface area contributed by atoms with Crippen LogP contribution in [0.5, 0.6) is 0 Å². The predicted molar refractivity (Wildman–Crippen MR) is 123 cm³/mol. The third-order valence-electron chi connectivity index (χ3n) is 5.17. The van der Waals surface area contributed by atoms with Gasteiger partial charge in [-0.1, -0.05) is 47.8 Å². The van der Waals surface area contributed by atoms with Gasteiger partial charge in [0.05, 0.1) is 22.3 Å². The van der Waals surface area contributed by atoms with Crippen molar-refractivity contribution in [2.24, 2.45) is 0 Å². The Morgan fingerprint density at radius 3 is 2.33 bits per heavy atom. The monoisotopic (exact) mass is 461 g/mol. The van der Waals surface area contributed by atoms with Crippen LogP contribution < -0.4 is 5.56 Å². The third-order valence-corrected chi connectivity index (χ3v) is 6.58. The van der Waals surface area contributed by atoms with Gasteiger partial charge in [-0.25, -0.2) is 4.98 Å². The lowest BCUT2D eigenvalue weighted by atomic mass is 10.2. The van der Waals surface area contributed by atoms with Gasteiger partial charge in [-0.3, -0.25) is 14.2 Å². The van der Waals surface area contributed by atoms with Gasteiger partial charge in [-0.15, -0.1) is 0 Å². The van der Waals surface area contributed by atoms with E-state index in [1.54, 1.807) is 42.5 Å². The van der Waals surface area contributed by atoms with E-state index in [1.807, 2.05) is 4.90 Å². The van der Waals surface area contributed by atoms with Gasteiger partial charge in [0, 0.05) is 23.1 Å². The van der Waals surface area contributed by atoms with Crippen LogP contribution >= 0.6 is 35.0 Å². The summed E-state index contributed by atoms with van der Waals surface area (Å²) in [5.74, 6) is 0.302. The van der Waals surface area contributed by atoms with Crippen LogP contribution in [0.15, 0.2) is 52.4 Å². The Hall–Kier alpha value is -2.02. The summed E-state index contributed by atoms with van der Waals surface area (Å²) in [5, 5.41) is 2.02. The Kier molecular flexibility index (Phi) is 6.66. The minimum atomic E-state index is -0.205. The van der Waals surface area contributed by atoms with Crippen molar-refractivity contribution in [2.75, 3.05) is 18.8 Å². The number of amides is 1. The first kappa shape index (κ1) is 21.2. The number of carbonyl (C=O) groups is 1. The summed E-state index contributed by atoms with van der Waals surface area (Å²) >= 11 is 13.4. The summed E-state index contributed by atoms with van der Waals surface area (Å²) < 4.78 is 1.53. The van der Waals surface area contributed by atoms with Crippen molar-refractivity contribution in [3.05, 3.63) is 62.9 Å². The van der Waals surface area contributed by atoms with Gasteiger partial charge < -0.3 is 4.90 Å². The summed E-state index contributed by atoms with van der Waals surface area (Å²) in [6, 6.07) is 12.0. The zero-order valence-corrected chi connectivity index (χ0v) is 18.6. The lowest BCUT2D eigenvalue weighted by Crippen LogP contribution is -2.33. The molecule has 8 heteroatoms. The summed E-state index contributed by atoms with van der Waals surface area (Å²) in [4.78, 5) is 32.6. The van der Waals surface area contributed by atoms with Crippen LogP contribution in [0.2, 0.25) is 10.0 Å². The molecule has 0 aliphatic carbocycles. The number of hydrogen-bond acceptors (Lipinski definition) is 4. The Morgan fingerprint density at radius 2 is 1.63 bits per heavy atom. The first-order chi connectivity index (χ1) is 14.5. The number of nitrogens with zero attached hydrogens (tertiary/aromatic N) is 3. The molecule has 30 heavy (non-hydrogen) atoms. The van der Waals surface area contributed by atoms with Gasteiger partial charge in [0.1, 0.15) is 0 Å². The molecule has 0 unspecified atom stereocenters. The lowest BCUT2D eigenvalue weighted by molar-refractivity contribution is -0.128. The quantitative estimate of drug-likeness (QED) is 0.396. The molecule has 1 fully saturated rings. The topological polar surface area (TPSA) is 55.2 Å². The molecule has 0 saturated carbocycles. The molecule has 4 rings (SSSR count). The average Bonchev–Trinajstić information content (AvgIpc) is 3.02. The maximum atomic E-state index is 13.3. The zero-order chi connectivity index (χ0) is 21.1.